The molecule has 0 aliphatic rings. The summed E-state index contributed by atoms with van der Waals surface area (Å²) in [6.07, 6.45) is -3.20. The number of benzene rings is 1. The topological polar surface area (TPSA) is 72.5 Å². The van der Waals surface area contributed by atoms with E-state index >= 15 is 0 Å². The molecule has 0 unspecified atom stereocenters. The van der Waals surface area contributed by atoms with E-state index in [0.29, 0.717) is 10.9 Å². The number of ether oxygens (including phenoxy) is 1. The highest BCUT2D eigenvalue weighted by Gasteiger charge is 2.31. The SMILES string of the molecule is COc1cc(C=NNc2nc(N)cs2)cc(C(F)(F)F)c1. The molecule has 0 spiro atoms. The molecule has 3 N–H and O–H groups in total. The molecule has 0 saturated heterocycles. The van der Waals surface area contributed by atoms with Gasteiger partial charge in [0.1, 0.15) is 11.6 Å². The van der Waals surface area contributed by atoms with Crippen LogP contribution in [0.1, 0.15) is 11.1 Å². The average Bonchev–Trinajstić information content (AvgIpc) is 2.83. The van der Waals surface area contributed by atoms with E-state index in [1.54, 1.807) is 5.38 Å². The second kappa shape index (κ2) is 6.00. The number of nitrogens with two attached hydrogens (primary N) is 1. The predicted molar refractivity (Wildman–Crippen MR) is 75.7 cm³/mol. The molecule has 9 heteroatoms. The third kappa shape index (κ3) is 4.09. The molecule has 0 fully saturated rings. The third-order valence-corrected chi connectivity index (χ3v) is 3.15. The normalized spacial score (nSPS) is 11.8. The minimum atomic E-state index is -4.45. The second-order valence-corrected chi connectivity index (χ2v) is 4.80. The Morgan fingerprint density at radius 3 is 2.71 bits per heavy atom. The molecule has 112 valence electrons. The summed E-state index contributed by atoms with van der Waals surface area (Å²) in [6.45, 7) is 0. The van der Waals surface area contributed by atoms with Gasteiger partial charge in [-0.05, 0) is 23.8 Å². The van der Waals surface area contributed by atoms with E-state index in [1.807, 2.05) is 0 Å². The molecule has 2 aromatic rings. The number of thiazole rings is 1. The fourth-order valence-electron chi connectivity index (χ4n) is 1.48. The first-order valence-corrected chi connectivity index (χ1v) is 6.53. The number of nitrogens with one attached hydrogen (secondary N) is 1. The van der Waals surface area contributed by atoms with Crippen molar-refractivity contribution in [1.29, 1.82) is 0 Å². The molecular weight excluding hydrogens is 305 g/mol. The van der Waals surface area contributed by atoms with Gasteiger partial charge in [-0.15, -0.1) is 11.3 Å². The van der Waals surface area contributed by atoms with Crippen LogP contribution >= 0.6 is 11.3 Å². The van der Waals surface area contributed by atoms with Crippen LogP contribution in [0.25, 0.3) is 0 Å². The first-order chi connectivity index (χ1) is 9.88. The molecule has 21 heavy (non-hydrogen) atoms. The number of nitrogens with zero attached hydrogens (tertiary/aromatic N) is 2. The largest absolute Gasteiger partial charge is 0.497 e. The van der Waals surface area contributed by atoms with Gasteiger partial charge in [0.15, 0.2) is 0 Å². The minimum absolute atomic E-state index is 0.102. The number of methoxy groups -OCH3 is 1. The fourth-order valence-corrected chi connectivity index (χ4v) is 2.03. The summed E-state index contributed by atoms with van der Waals surface area (Å²) in [5.41, 5.74) is 7.46. The molecule has 5 nitrogen and oxygen atoms in total. The van der Waals surface area contributed by atoms with Gasteiger partial charge in [-0.2, -0.15) is 18.3 Å². The van der Waals surface area contributed by atoms with Crippen LogP contribution in [0.15, 0.2) is 28.7 Å². The average molecular weight is 316 g/mol. The molecule has 1 heterocycles. The summed E-state index contributed by atoms with van der Waals surface area (Å²) < 4.78 is 43.1. The lowest BCUT2D eigenvalue weighted by Crippen LogP contribution is -2.06. The van der Waals surface area contributed by atoms with Gasteiger partial charge in [-0.1, -0.05) is 0 Å². The summed E-state index contributed by atoms with van der Waals surface area (Å²) in [7, 11) is 1.30. The van der Waals surface area contributed by atoms with E-state index in [1.165, 1.54) is 30.7 Å². The number of halogens is 3. The quantitative estimate of drug-likeness (QED) is 0.671. The first kappa shape index (κ1) is 15.1. The zero-order valence-corrected chi connectivity index (χ0v) is 11.6. The van der Waals surface area contributed by atoms with Gasteiger partial charge in [0, 0.05) is 5.38 Å². The maximum atomic E-state index is 12.7. The number of alkyl halides is 3. The maximum Gasteiger partial charge on any atom is 0.416 e. The fraction of sp³-hybridized carbons (Fsp3) is 0.167. The van der Waals surface area contributed by atoms with Gasteiger partial charge in [0.2, 0.25) is 5.13 Å². The number of hydrazone groups is 1. The summed E-state index contributed by atoms with van der Waals surface area (Å²) in [5.74, 6) is 0.447. The van der Waals surface area contributed by atoms with Crippen molar-refractivity contribution in [2.24, 2.45) is 5.10 Å². The Morgan fingerprint density at radius 2 is 2.14 bits per heavy atom. The van der Waals surface area contributed by atoms with E-state index < -0.39 is 11.7 Å². The molecule has 0 aliphatic carbocycles. The molecule has 0 aliphatic heterocycles. The number of nitrogen functional groups attached to an aromatic ring is 1. The van der Waals surface area contributed by atoms with Crippen LogP contribution in [0.4, 0.5) is 24.1 Å². The molecule has 0 atom stereocenters. The lowest BCUT2D eigenvalue weighted by atomic mass is 10.1. The molecule has 0 bridgehead atoms. The predicted octanol–water partition coefficient (Wildman–Crippen LogP) is 3.20. The molecule has 0 saturated carbocycles. The van der Waals surface area contributed by atoms with Crippen molar-refractivity contribution in [3.8, 4) is 5.75 Å². The van der Waals surface area contributed by atoms with Crippen molar-refractivity contribution in [3.63, 3.8) is 0 Å². The van der Waals surface area contributed by atoms with E-state index in [-0.39, 0.29) is 11.3 Å². The van der Waals surface area contributed by atoms with Crippen LogP contribution in [0.2, 0.25) is 0 Å². The van der Waals surface area contributed by atoms with Crippen molar-refractivity contribution in [1.82, 2.24) is 4.98 Å². The molecule has 0 amide bonds. The van der Waals surface area contributed by atoms with E-state index in [4.69, 9.17) is 10.5 Å². The number of rotatable bonds is 4. The Balaban J connectivity index is 2.18. The molecule has 1 aromatic carbocycles. The summed E-state index contributed by atoms with van der Waals surface area (Å²) in [5, 5.41) is 5.88. The zero-order valence-electron chi connectivity index (χ0n) is 10.8. The Kier molecular flexibility index (Phi) is 4.32. The van der Waals surface area contributed by atoms with Crippen molar-refractivity contribution in [2.75, 3.05) is 18.3 Å². The number of hydrogen-bond acceptors (Lipinski definition) is 6. The van der Waals surface area contributed by atoms with Crippen LogP contribution < -0.4 is 15.9 Å². The number of hydrogen-bond donors (Lipinski definition) is 2. The Bertz CT molecular complexity index is 654. The lowest BCUT2D eigenvalue weighted by Gasteiger charge is -2.09. The van der Waals surface area contributed by atoms with Crippen LogP contribution in [0.3, 0.4) is 0 Å². The minimum Gasteiger partial charge on any atom is -0.497 e. The van der Waals surface area contributed by atoms with Crippen LogP contribution in [0.5, 0.6) is 5.75 Å². The van der Waals surface area contributed by atoms with Gasteiger partial charge in [-0.3, -0.25) is 5.43 Å². The van der Waals surface area contributed by atoms with Crippen molar-refractivity contribution >= 4 is 28.5 Å². The van der Waals surface area contributed by atoms with Gasteiger partial charge in [-0.25, -0.2) is 4.98 Å². The molecule has 1 aromatic heterocycles. The van der Waals surface area contributed by atoms with Gasteiger partial charge < -0.3 is 10.5 Å². The van der Waals surface area contributed by atoms with E-state index in [2.05, 4.69) is 15.5 Å². The highest BCUT2D eigenvalue weighted by Crippen LogP contribution is 2.32. The highest BCUT2D eigenvalue weighted by atomic mass is 32.1. The van der Waals surface area contributed by atoms with Crippen molar-refractivity contribution in [3.05, 3.63) is 34.7 Å². The standard InChI is InChI=1S/C12H11F3N4OS/c1-20-9-3-7(2-8(4-9)12(13,14)15)5-17-19-11-18-10(16)6-21-11/h2-6H,16H2,1H3,(H,18,19). The van der Waals surface area contributed by atoms with Crippen LogP contribution in [-0.2, 0) is 6.18 Å². The summed E-state index contributed by atoms with van der Waals surface area (Å²) in [6, 6.07) is 3.34. The smallest absolute Gasteiger partial charge is 0.416 e. The summed E-state index contributed by atoms with van der Waals surface area (Å²) >= 11 is 1.23. The molecular formula is C12H11F3N4OS. The summed E-state index contributed by atoms with van der Waals surface area (Å²) in [4.78, 5) is 3.90. The maximum absolute atomic E-state index is 12.7. The first-order valence-electron chi connectivity index (χ1n) is 5.65. The zero-order chi connectivity index (χ0) is 15.5. The monoisotopic (exact) mass is 316 g/mol. The van der Waals surface area contributed by atoms with E-state index in [9.17, 15) is 13.2 Å². The van der Waals surface area contributed by atoms with Crippen molar-refractivity contribution in [2.45, 2.75) is 6.18 Å². The lowest BCUT2D eigenvalue weighted by molar-refractivity contribution is -0.137. The van der Waals surface area contributed by atoms with Gasteiger partial charge >= 0.3 is 6.18 Å². The second-order valence-electron chi connectivity index (χ2n) is 3.94. The Labute approximate surface area is 122 Å². The van der Waals surface area contributed by atoms with Crippen LogP contribution in [0, 0.1) is 0 Å². The highest BCUT2D eigenvalue weighted by molar-refractivity contribution is 7.14. The molecule has 0 radical (unpaired) electrons. The Hall–Kier alpha value is -2.29. The number of aromatic nitrogens is 1. The Morgan fingerprint density at radius 1 is 1.38 bits per heavy atom. The van der Waals surface area contributed by atoms with E-state index in [0.717, 1.165) is 12.1 Å². The number of anilines is 2. The third-order valence-electron chi connectivity index (χ3n) is 2.39. The van der Waals surface area contributed by atoms with Gasteiger partial charge in [0.05, 0.1) is 18.9 Å². The van der Waals surface area contributed by atoms with Gasteiger partial charge in [0.25, 0.3) is 0 Å². The van der Waals surface area contributed by atoms with Crippen LogP contribution in [-0.4, -0.2) is 18.3 Å². The molecule has 2 rings (SSSR count). The van der Waals surface area contributed by atoms with Crippen molar-refractivity contribution < 1.29 is 17.9 Å².